The van der Waals surface area contributed by atoms with E-state index in [1.54, 1.807) is 6.20 Å². The molecule has 0 N–H and O–H groups in total. The first-order valence-electron chi connectivity index (χ1n) is 11.1. The van der Waals surface area contributed by atoms with Crippen molar-refractivity contribution in [2.45, 2.75) is 129 Å². The molecule has 0 aromatic rings. The van der Waals surface area contributed by atoms with E-state index in [0.29, 0.717) is 0 Å². The van der Waals surface area contributed by atoms with Gasteiger partial charge in [-0.05, 0) is 12.8 Å². The summed E-state index contributed by atoms with van der Waals surface area (Å²) in [7, 11) is 0. The average molecular weight is 350 g/mol. The highest BCUT2D eigenvalue weighted by Gasteiger charge is 1.94. The maximum absolute atomic E-state index is 9.86. The molecule has 0 aliphatic rings. The summed E-state index contributed by atoms with van der Waals surface area (Å²) < 4.78 is 0. The number of nitrogens with zero attached hydrogens (tertiary/aromatic N) is 1. The van der Waals surface area contributed by atoms with Gasteiger partial charge in [0.1, 0.15) is 0 Å². The van der Waals surface area contributed by atoms with Gasteiger partial charge in [0.2, 0.25) is 6.08 Å². The lowest BCUT2D eigenvalue weighted by Gasteiger charge is -2.03. The van der Waals surface area contributed by atoms with Crippen LogP contribution in [0.2, 0.25) is 0 Å². The van der Waals surface area contributed by atoms with Gasteiger partial charge in [-0.15, -0.1) is 0 Å². The largest absolute Gasteiger partial charge is 0.239 e. The van der Waals surface area contributed by atoms with Gasteiger partial charge in [-0.1, -0.05) is 122 Å². The first-order chi connectivity index (χ1) is 12.4. The Bertz CT molecular complexity index is 318. The van der Waals surface area contributed by atoms with Gasteiger partial charge < -0.3 is 0 Å². The highest BCUT2D eigenvalue weighted by Crippen LogP contribution is 2.14. The van der Waals surface area contributed by atoms with Crippen LogP contribution in [0, 0.1) is 0 Å². The van der Waals surface area contributed by atoms with Crippen LogP contribution in [0.15, 0.2) is 17.3 Å². The molecule has 2 nitrogen and oxygen atoms in total. The van der Waals surface area contributed by atoms with E-state index in [9.17, 15) is 4.79 Å². The Morgan fingerprint density at radius 3 is 1.32 bits per heavy atom. The topological polar surface area (TPSA) is 29.4 Å². The van der Waals surface area contributed by atoms with Crippen LogP contribution >= 0.6 is 0 Å². The maximum atomic E-state index is 9.86. The SMILES string of the molecule is CCCCCCCCCCCCCCCCCCCCC=CN=C=O. The molecular formula is C23H43NO. The van der Waals surface area contributed by atoms with E-state index < -0.39 is 0 Å². The molecule has 0 bridgehead atoms. The molecule has 0 radical (unpaired) electrons. The van der Waals surface area contributed by atoms with Crippen molar-refractivity contribution in [3.8, 4) is 0 Å². The van der Waals surface area contributed by atoms with Crippen LogP contribution in [0.4, 0.5) is 0 Å². The lowest BCUT2D eigenvalue weighted by Crippen LogP contribution is -1.84. The Hall–Kier alpha value is -0.880. The average Bonchev–Trinajstić information content (AvgIpc) is 2.63. The van der Waals surface area contributed by atoms with Crippen molar-refractivity contribution in [1.29, 1.82) is 0 Å². The fourth-order valence-corrected chi connectivity index (χ4v) is 3.32. The second-order valence-corrected chi connectivity index (χ2v) is 7.40. The molecule has 0 aromatic carbocycles. The molecule has 2 heteroatoms. The zero-order chi connectivity index (χ0) is 18.3. The summed E-state index contributed by atoms with van der Waals surface area (Å²) in [4.78, 5) is 13.3. The lowest BCUT2D eigenvalue weighted by atomic mass is 10.0. The Labute approximate surface area is 157 Å². The fourth-order valence-electron chi connectivity index (χ4n) is 3.32. The van der Waals surface area contributed by atoms with Crippen LogP contribution < -0.4 is 0 Å². The number of rotatable bonds is 20. The zero-order valence-corrected chi connectivity index (χ0v) is 16.9. The van der Waals surface area contributed by atoms with Gasteiger partial charge in [0, 0.05) is 6.20 Å². The standard InChI is InChI=1S/C23H43NO/c1-2-3-4-5-6-7-8-9-10-11-12-13-14-15-16-17-18-19-20-21-22-24-23-25/h21-22H,2-20H2,1H3. The molecule has 0 amide bonds. The van der Waals surface area contributed by atoms with Crippen LogP contribution in [0.5, 0.6) is 0 Å². The smallest absolute Gasteiger partial charge is 0.211 e. The molecule has 0 fully saturated rings. The van der Waals surface area contributed by atoms with E-state index in [1.165, 1.54) is 122 Å². The molecule has 0 aliphatic heterocycles. The Morgan fingerprint density at radius 2 is 0.960 bits per heavy atom. The third kappa shape index (κ3) is 23.1. The number of aliphatic imine (C=N–C) groups is 1. The molecule has 0 saturated heterocycles. The molecule has 0 unspecified atom stereocenters. The molecule has 0 spiro atoms. The van der Waals surface area contributed by atoms with Crippen molar-refractivity contribution in [1.82, 2.24) is 0 Å². The van der Waals surface area contributed by atoms with Gasteiger partial charge >= 0.3 is 0 Å². The first-order valence-corrected chi connectivity index (χ1v) is 11.1. The monoisotopic (exact) mass is 349 g/mol. The van der Waals surface area contributed by atoms with Gasteiger partial charge in [-0.2, -0.15) is 4.99 Å². The highest BCUT2D eigenvalue weighted by atomic mass is 16.1. The number of isocyanates is 1. The first kappa shape index (κ1) is 24.1. The molecule has 0 atom stereocenters. The van der Waals surface area contributed by atoms with E-state index in [4.69, 9.17) is 0 Å². The molecule has 0 heterocycles. The highest BCUT2D eigenvalue weighted by molar-refractivity contribution is 5.34. The fraction of sp³-hybridized carbons (Fsp3) is 0.870. The molecule has 0 saturated carbocycles. The Balaban J connectivity index is 3.01. The van der Waals surface area contributed by atoms with Crippen LogP contribution in [0.25, 0.3) is 0 Å². The summed E-state index contributed by atoms with van der Waals surface area (Å²) in [5.41, 5.74) is 0. The van der Waals surface area contributed by atoms with Crippen molar-refractivity contribution in [2.24, 2.45) is 4.99 Å². The summed E-state index contributed by atoms with van der Waals surface area (Å²) in [6.07, 6.45) is 31.4. The third-order valence-corrected chi connectivity index (χ3v) is 4.96. The molecule has 0 rings (SSSR count). The van der Waals surface area contributed by atoms with Gasteiger partial charge in [0.25, 0.3) is 0 Å². The summed E-state index contributed by atoms with van der Waals surface area (Å²) in [5, 5.41) is 0. The van der Waals surface area contributed by atoms with Gasteiger partial charge in [-0.25, -0.2) is 4.79 Å². The lowest BCUT2D eigenvalue weighted by molar-refractivity contribution is 0.525. The predicted octanol–water partition coefficient (Wildman–Crippen LogP) is 8.27. The van der Waals surface area contributed by atoms with Crippen LogP contribution in [0.1, 0.15) is 129 Å². The van der Waals surface area contributed by atoms with Crippen LogP contribution in [-0.4, -0.2) is 6.08 Å². The van der Waals surface area contributed by atoms with Crippen LogP contribution in [-0.2, 0) is 4.79 Å². The van der Waals surface area contributed by atoms with Gasteiger partial charge in [0.15, 0.2) is 0 Å². The van der Waals surface area contributed by atoms with Gasteiger partial charge in [0.05, 0.1) is 0 Å². The Morgan fingerprint density at radius 1 is 0.600 bits per heavy atom. The van der Waals surface area contributed by atoms with E-state index in [-0.39, 0.29) is 0 Å². The normalized spacial score (nSPS) is 11.1. The van der Waals surface area contributed by atoms with Crippen molar-refractivity contribution in [2.75, 3.05) is 0 Å². The molecule has 25 heavy (non-hydrogen) atoms. The van der Waals surface area contributed by atoms with E-state index in [1.807, 2.05) is 6.08 Å². The predicted molar refractivity (Wildman–Crippen MR) is 111 cm³/mol. The van der Waals surface area contributed by atoms with Gasteiger partial charge in [-0.3, -0.25) is 0 Å². The summed E-state index contributed by atoms with van der Waals surface area (Å²) >= 11 is 0. The van der Waals surface area contributed by atoms with E-state index in [2.05, 4.69) is 11.9 Å². The van der Waals surface area contributed by atoms with E-state index in [0.717, 1.165) is 6.42 Å². The second kappa shape index (κ2) is 23.1. The quantitative estimate of drug-likeness (QED) is 0.123. The van der Waals surface area contributed by atoms with Crippen molar-refractivity contribution in [3.05, 3.63) is 12.3 Å². The minimum absolute atomic E-state index is 1.03. The molecular weight excluding hydrogens is 306 g/mol. The summed E-state index contributed by atoms with van der Waals surface area (Å²) in [5.74, 6) is 0. The number of unbranched alkanes of at least 4 members (excludes halogenated alkanes) is 18. The number of hydrogen-bond acceptors (Lipinski definition) is 2. The number of carbonyl (C=O) groups excluding carboxylic acids is 1. The van der Waals surface area contributed by atoms with Crippen molar-refractivity contribution < 1.29 is 4.79 Å². The van der Waals surface area contributed by atoms with Crippen molar-refractivity contribution >= 4 is 6.08 Å². The maximum Gasteiger partial charge on any atom is 0.239 e. The van der Waals surface area contributed by atoms with Crippen molar-refractivity contribution in [3.63, 3.8) is 0 Å². The van der Waals surface area contributed by atoms with E-state index >= 15 is 0 Å². The number of hydrogen-bond donors (Lipinski definition) is 0. The number of allylic oxidation sites excluding steroid dienone is 1. The summed E-state index contributed by atoms with van der Waals surface area (Å²) in [6, 6.07) is 0. The second-order valence-electron chi connectivity index (χ2n) is 7.40. The molecule has 0 aromatic heterocycles. The third-order valence-electron chi connectivity index (χ3n) is 4.96. The van der Waals surface area contributed by atoms with Crippen LogP contribution in [0.3, 0.4) is 0 Å². The summed E-state index contributed by atoms with van der Waals surface area (Å²) in [6.45, 7) is 2.29. The molecule has 146 valence electrons. The molecule has 0 aliphatic carbocycles. The minimum atomic E-state index is 1.03. The Kier molecular flexibility index (Phi) is 22.3. The zero-order valence-electron chi connectivity index (χ0n) is 16.9. The minimum Gasteiger partial charge on any atom is -0.211 e.